The molecule has 0 aliphatic carbocycles. The van der Waals surface area contributed by atoms with Gasteiger partial charge in [0.2, 0.25) is 0 Å². The minimum absolute atomic E-state index is 0.00282. The van der Waals surface area contributed by atoms with Crippen LogP contribution in [0.3, 0.4) is 0 Å². The van der Waals surface area contributed by atoms with E-state index in [1.807, 2.05) is 42.6 Å². The molecule has 3 aromatic rings. The molecule has 4 nitrogen and oxygen atoms in total. The molecule has 2 N–H and O–H groups in total. The molecule has 0 saturated carbocycles. The highest BCUT2D eigenvalue weighted by atomic mass is 32.1. The van der Waals surface area contributed by atoms with Crippen LogP contribution >= 0.6 is 12.2 Å². The van der Waals surface area contributed by atoms with Crippen molar-refractivity contribution in [2.45, 2.75) is 19.0 Å². The summed E-state index contributed by atoms with van der Waals surface area (Å²) in [5.41, 5.74) is 4.32. The number of hydrogen-bond acceptors (Lipinski definition) is 2. The smallest absolute Gasteiger partial charge is 0.174 e. The minimum atomic E-state index is -0.00282. The number of para-hydroxylation sites is 1. The highest BCUT2D eigenvalue weighted by Crippen LogP contribution is 2.40. The van der Waals surface area contributed by atoms with Gasteiger partial charge in [-0.05, 0) is 55.5 Å². The number of nitrogens with one attached hydrogen (secondary N) is 2. The van der Waals surface area contributed by atoms with Crippen molar-refractivity contribution < 1.29 is 0 Å². The number of anilines is 1. The van der Waals surface area contributed by atoms with Crippen molar-refractivity contribution in [3.05, 3.63) is 83.9 Å². The van der Waals surface area contributed by atoms with E-state index < -0.39 is 0 Å². The topological polar surface area (TPSA) is 44.0 Å². The summed E-state index contributed by atoms with van der Waals surface area (Å²) in [6.07, 6.45) is 1.82. The second-order valence-corrected chi connectivity index (χ2v) is 6.32. The van der Waals surface area contributed by atoms with Crippen LogP contribution in [0, 0.1) is 6.92 Å². The van der Waals surface area contributed by atoms with Gasteiger partial charge in [0.1, 0.15) is 6.04 Å². The monoisotopic (exact) mass is 334 g/mol. The van der Waals surface area contributed by atoms with Gasteiger partial charge in [0.05, 0.1) is 11.7 Å². The Kier molecular flexibility index (Phi) is 3.78. The van der Waals surface area contributed by atoms with E-state index in [2.05, 4.69) is 51.4 Å². The second kappa shape index (κ2) is 6.09. The molecule has 1 saturated heterocycles. The third-order valence-electron chi connectivity index (χ3n) is 4.31. The van der Waals surface area contributed by atoms with Gasteiger partial charge in [-0.2, -0.15) is 0 Å². The number of aromatic nitrogens is 2. The van der Waals surface area contributed by atoms with E-state index in [1.165, 1.54) is 0 Å². The van der Waals surface area contributed by atoms with Crippen LogP contribution in [0.15, 0.2) is 66.9 Å². The van der Waals surface area contributed by atoms with E-state index in [1.54, 1.807) is 0 Å². The molecule has 1 aromatic carbocycles. The van der Waals surface area contributed by atoms with Gasteiger partial charge in [0.25, 0.3) is 0 Å². The van der Waals surface area contributed by atoms with Gasteiger partial charge in [-0.15, -0.1) is 0 Å². The molecule has 5 heteroatoms. The molecule has 1 aliphatic rings. The van der Waals surface area contributed by atoms with E-state index in [4.69, 9.17) is 12.2 Å². The average molecular weight is 334 g/mol. The lowest BCUT2D eigenvalue weighted by Crippen LogP contribution is -2.29. The largest absolute Gasteiger partial charge is 0.361 e. The zero-order valence-electron chi connectivity index (χ0n) is 13.3. The first kappa shape index (κ1) is 14.9. The molecule has 24 heavy (non-hydrogen) atoms. The van der Waals surface area contributed by atoms with Crippen LogP contribution in [-0.2, 0) is 0 Å². The minimum Gasteiger partial charge on any atom is -0.361 e. The van der Waals surface area contributed by atoms with E-state index >= 15 is 0 Å². The molecule has 1 fully saturated rings. The fourth-order valence-corrected chi connectivity index (χ4v) is 3.58. The zero-order valence-corrected chi connectivity index (χ0v) is 14.1. The van der Waals surface area contributed by atoms with Crippen molar-refractivity contribution in [3.63, 3.8) is 0 Å². The second-order valence-electron chi connectivity index (χ2n) is 5.93. The van der Waals surface area contributed by atoms with Crippen LogP contribution in [0.25, 0.3) is 0 Å². The summed E-state index contributed by atoms with van der Waals surface area (Å²) in [7, 11) is 0. The Hall–Kier alpha value is -2.66. The van der Waals surface area contributed by atoms with Crippen LogP contribution in [0.1, 0.15) is 29.2 Å². The summed E-state index contributed by atoms with van der Waals surface area (Å²) in [5.74, 6) is 0. The Morgan fingerprint density at radius 2 is 1.79 bits per heavy atom. The summed E-state index contributed by atoms with van der Waals surface area (Å²) >= 11 is 5.66. The van der Waals surface area contributed by atoms with Crippen molar-refractivity contribution in [2.24, 2.45) is 0 Å². The van der Waals surface area contributed by atoms with Crippen LogP contribution in [0.5, 0.6) is 0 Å². The van der Waals surface area contributed by atoms with Crippen molar-refractivity contribution in [1.82, 2.24) is 15.3 Å². The number of H-pyrrole nitrogens is 1. The number of thiocarbonyl (C=S) groups is 1. The lowest BCUT2D eigenvalue weighted by Gasteiger charge is -2.27. The highest BCUT2D eigenvalue weighted by Gasteiger charge is 2.41. The fraction of sp³-hybridized carbons (Fsp3) is 0.158. The maximum absolute atomic E-state index is 5.66. The molecule has 0 spiro atoms. The van der Waals surface area contributed by atoms with Gasteiger partial charge in [0, 0.05) is 23.3 Å². The molecular formula is C19H18N4S. The quantitative estimate of drug-likeness (QED) is 0.713. The summed E-state index contributed by atoms with van der Waals surface area (Å²) < 4.78 is 0. The number of pyridine rings is 1. The van der Waals surface area contributed by atoms with Gasteiger partial charge in [-0.3, -0.25) is 4.98 Å². The molecule has 0 amide bonds. The summed E-state index contributed by atoms with van der Waals surface area (Å²) in [4.78, 5) is 10.2. The third-order valence-corrected chi connectivity index (χ3v) is 4.62. The Labute approximate surface area is 146 Å². The van der Waals surface area contributed by atoms with Crippen molar-refractivity contribution in [1.29, 1.82) is 0 Å². The SMILES string of the molecule is Cc1ccc([C@H]2[C@@H](c3ccccn3)NC(=S)N2c2ccccc2)[nH]1. The van der Waals surface area contributed by atoms with Crippen LogP contribution < -0.4 is 10.2 Å². The number of aromatic amines is 1. The normalized spacial score (nSPS) is 20.2. The first-order valence-electron chi connectivity index (χ1n) is 7.95. The number of aryl methyl sites for hydroxylation is 1. The van der Waals surface area contributed by atoms with Crippen LogP contribution in [0.4, 0.5) is 5.69 Å². The molecule has 2 aromatic heterocycles. The standard InChI is InChI=1S/C19H18N4S/c1-13-10-11-16(21-13)18-17(15-9-5-6-12-20-15)22-19(24)23(18)14-7-3-2-4-8-14/h2-12,17-18,21H,1H3,(H,22,24)/t17-,18+/m1/s1. The molecule has 0 bridgehead atoms. The van der Waals surface area contributed by atoms with E-state index in [9.17, 15) is 0 Å². The number of hydrogen-bond donors (Lipinski definition) is 2. The molecule has 1 aliphatic heterocycles. The number of rotatable bonds is 3. The highest BCUT2D eigenvalue weighted by molar-refractivity contribution is 7.80. The molecule has 0 unspecified atom stereocenters. The Morgan fingerprint density at radius 1 is 1.00 bits per heavy atom. The lowest BCUT2D eigenvalue weighted by molar-refractivity contribution is 0.558. The third kappa shape index (κ3) is 2.57. The summed E-state index contributed by atoms with van der Waals surface area (Å²) in [6.45, 7) is 2.06. The Balaban J connectivity index is 1.82. The maximum Gasteiger partial charge on any atom is 0.174 e. The number of nitrogens with zero attached hydrogens (tertiary/aromatic N) is 2. The van der Waals surface area contributed by atoms with Crippen LogP contribution in [-0.4, -0.2) is 15.1 Å². The predicted octanol–water partition coefficient (Wildman–Crippen LogP) is 3.90. The van der Waals surface area contributed by atoms with Gasteiger partial charge in [-0.1, -0.05) is 24.3 Å². The molecule has 3 heterocycles. The molecule has 4 rings (SSSR count). The number of benzene rings is 1. The zero-order chi connectivity index (χ0) is 16.5. The molecule has 0 radical (unpaired) electrons. The lowest BCUT2D eigenvalue weighted by atomic mass is 10.0. The summed E-state index contributed by atoms with van der Waals surface area (Å²) in [5, 5.41) is 4.17. The fourth-order valence-electron chi connectivity index (χ4n) is 3.24. The molecule has 120 valence electrons. The van der Waals surface area contributed by atoms with Crippen LogP contribution in [0.2, 0.25) is 0 Å². The van der Waals surface area contributed by atoms with Gasteiger partial charge < -0.3 is 15.2 Å². The van der Waals surface area contributed by atoms with E-state index in [0.717, 1.165) is 22.8 Å². The predicted molar refractivity (Wildman–Crippen MR) is 99.9 cm³/mol. The van der Waals surface area contributed by atoms with Crippen molar-refractivity contribution >= 4 is 23.0 Å². The van der Waals surface area contributed by atoms with Crippen molar-refractivity contribution in [2.75, 3.05) is 4.90 Å². The van der Waals surface area contributed by atoms with E-state index in [0.29, 0.717) is 5.11 Å². The molecule has 2 atom stereocenters. The first-order chi connectivity index (χ1) is 11.7. The maximum atomic E-state index is 5.66. The van der Waals surface area contributed by atoms with Crippen molar-refractivity contribution in [3.8, 4) is 0 Å². The van der Waals surface area contributed by atoms with Gasteiger partial charge >= 0.3 is 0 Å². The average Bonchev–Trinajstić information content (AvgIpc) is 3.19. The van der Waals surface area contributed by atoms with Gasteiger partial charge in [-0.25, -0.2) is 0 Å². The van der Waals surface area contributed by atoms with E-state index in [-0.39, 0.29) is 12.1 Å². The first-order valence-corrected chi connectivity index (χ1v) is 8.36. The Morgan fingerprint density at radius 3 is 2.46 bits per heavy atom. The van der Waals surface area contributed by atoms with Gasteiger partial charge in [0.15, 0.2) is 5.11 Å². The Bertz CT molecular complexity index is 844. The summed E-state index contributed by atoms with van der Waals surface area (Å²) in [6, 6.07) is 20.5. The molecular weight excluding hydrogens is 316 g/mol.